The van der Waals surface area contributed by atoms with E-state index in [0.717, 1.165) is 12.5 Å². The van der Waals surface area contributed by atoms with Crippen molar-refractivity contribution in [2.24, 2.45) is 5.92 Å². The van der Waals surface area contributed by atoms with Gasteiger partial charge in [0, 0.05) is 17.5 Å². The van der Waals surface area contributed by atoms with Gasteiger partial charge in [-0.3, -0.25) is 9.69 Å². The summed E-state index contributed by atoms with van der Waals surface area (Å²) in [5.41, 5.74) is 0. The van der Waals surface area contributed by atoms with Gasteiger partial charge in [-0.25, -0.2) is 0 Å². The van der Waals surface area contributed by atoms with Gasteiger partial charge in [-0.05, 0) is 44.2 Å². The zero-order chi connectivity index (χ0) is 12.3. The maximum absolute atomic E-state index is 11.7. The fourth-order valence-electron chi connectivity index (χ4n) is 1.75. The number of carbonyl (C=O) groups is 1. The molecule has 0 radical (unpaired) electrons. The first-order valence-corrected chi connectivity index (χ1v) is 7.05. The molecule has 1 aromatic rings. The van der Waals surface area contributed by atoms with Gasteiger partial charge in [0.2, 0.25) is 5.91 Å². The van der Waals surface area contributed by atoms with Gasteiger partial charge in [0.25, 0.3) is 0 Å². The molecule has 0 saturated heterocycles. The Balaban J connectivity index is 1.75. The van der Waals surface area contributed by atoms with Gasteiger partial charge in [-0.2, -0.15) is 0 Å². The smallest absolute Gasteiger partial charge is 0.234 e. The molecule has 4 heteroatoms. The summed E-state index contributed by atoms with van der Waals surface area (Å²) in [5, 5.41) is 5.07. The number of hydrogen-bond acceptors (Lipinski definition) is 3. The molecule has 2 rings (SSSR count). The first-order chi connectivity index (χ1) is 8.16. The third-order valence-electron chi connectivity index (χ3n) is 3.29. The lowest BCUT2D eigenvalue weighted by Crippen LogP contribution is -2.37. The molecule has 1 saturated carbocycles. The van der Waals surface area contributed by atoms with E-state index in [4.69, 9.17) is 0 Å². The number of rotatable bonds is 6. The maximum Gasteiger partial charge on any atom is 0.234 e. The highest BCUT2D eigenvalue weighted by atomic mass is 32.1. The number of likely N-dealkylation sites (N-methyl/N-ethyl adjacent to an activating group) is 1. The zero-order valence-electron chi connectivity index (χ0n) is 10.5. The predicted octanol–water partition coefficient (Wildman–Crippen LogP) is 2.27. The number of nitrogens with zero attached hydrogens (tertiary/aromatic N) is 1. The molecule has 94 valence electrons. The molecule has 1 fully saturated rings. The Labute approximate surface area is 107 Å². The van der Waals surface area contributed by atoms with Crippen molar-refractivity contribution in [3.63, 3.8) is 0 Å². The van der Waals surface area contributed by atoms with Crippen molar-refractivity contribution in [1.29, 1.82) is 0 Å². The highest BCUT2D eigenvalue weighted by molar-refractivity contribution is 7.10. The fourth-order valence-corrected chi connectivity index (χ4v) is 2.59. The Hall–Kier alpha value is -0.870. The minimum absolute atomic E-state index is 0.141. The third kappa shape index (κ3) is 3.82. The van der Waals surface area contributed by atoms with Crippen LogP contribution in [-0.4, -0.2) is 30.9 Å². The molecule has 1 N–H and O–H groups in total. The molecule has 1 heterocycles. The maximum atomic E-state index is 11.7. The van der Waals surface area contributed by atoms with Gasteiger partial charge in [-0.15, -0.1) is 11.3 Å². The second kappa shape index (κ2) is 5.65. The van der Waals surface area contributed by atoms with Crippen molar-refractivity contribution in [2.75, 3.05) is 20.1 Å². The largest absolute Gasteiger partial charge is 0.355 e. The highest BCUT2D eigenvalue weighted by Crippen LogP contribution is 2.27. The Morgan fingerprint density at radius 3 is 3.00 bits per heavy atom. The Kier molecular flexibility index (Phi) is 4.18. The van der Waals surface area contributed by atoms with E-state index in [-0.39, 0.29) is 5.91 Å². The molecule has 1 atom stereocenters. The number of carbonyl (C=O) groups excluding carboxylic acids is 1. The second-order valence-corrected chi connectivity index (χ2v) is 5.83. The highest BCUT2D eigenvalue weighted by Gasteiger charge is 2.22. The normalized spacial score (nSPS) is 17.1. The molecule has 1 amide bonds. The predicted molar refractivity (Wildman–Crippen MR) is 71.1 cm³/mol. The van der Waals surface area contributed by atoms with Crippen LogP contribution in [-0.2, 0) is 4.79 Å². The van der Waals surface area contributed by atoms with Crippen LogP contribution in [0.1, 0.15) is 30.7 Å². The lowest BCUT2D eigenvalue weighted by molar-refractivity contribution is -0.122. The van der Waals surface area contributed by atoms with Gasteiger partial charge >= 0.3 is 0 Å². The summed E-state index contributed by atoms with van der Waals surface area (Å²) in [6.07, 6.45) is 2.56. The van der Waals surface area contributed by atoms with Crippen molar-refractivity contribution in [2.45, 2.75) is 25.8 Å². The minimum atomic E-state index is 0.141. The molecular formula is C13H20N2OS. The minimum Gasteiger partial charge on any atom is -0.355 e. The average Bonchev–Trinajstić information content (AvgIpc) is 2.98. The van der Waals surface area contributed by atoms with Crippen LogP contribution in [0, 0.1) is 5.92 Å². The Morgan fingerprint density at radius 2 is 2.41 bits per heavy atom. The van der Waals surface area contributed by atoms with Crippen LogP contribution in [0.2, 0.25) is 0 Å². The topological polar surface area (TPSA) is 32.3 Å². The number of thiophene rings is 1. The summed E-state index contributed by atoms with van der Waals surface area (Å²) in [5.74, 6) is 0.891. The number of amides is 1. The number of nitrogens with one attached hydrogen (secondary N) is 1. The lowest BCUT2D eigenvalue weighted by atomic mass is 10.2. The van der Waals surface area contributed by atoms with Crippen molar-refractivity contribution in [3.8, 4) is 0 Å². The fraction of sp³-hybridized carbons (Fsp3) is 0.615. The van der Waals surface area contributed by atoms with Crippen molar-refractivity contribution < 1.29 is 4.79 Å². The molecule has 1 aliphatic carbocycles. The van der Waals surface area contributed by atoms with E-state index in [0.29, 0.717) is 12.6 Å². The van der Waals surface area contributed by atoms with Crippen LogP contribution in [0.4, 0.5) is 0 Å². The average molecular weight is 252 g/mol. The molecule has 0 bridgehead atoms. The van der Waals surface area contributed by atoms with Gasteiger partial charge in [0.05, 0.1) is 6.54 Å². The number of hydrogen-bond donors (Lipinski definition) is 1. The van der Waals surface area contributed by atoms with Crippen LogP contribution in [0.25, 0.3) is 0 Å². The van der Waals surface area contributed by atoms with Crippen molar-refractivity contribution >= 4 is 17.2 Å². The summed E-state index contributed by atoms with van der Waals surface area (Å²) in [6, 6.07) is 4.48. The van der Waals surface area contributed by atoms with E-state index < -0.39 is 0 Å². The molecule has 0 aromatic carbocycles. The van der Waals surface area contributed by atoms with Crippen molar-refractivity contribution in [3.05, 3.63) is 22.4 Å². The summed E-state index contributed by atoms with van der Waals surface area (Å²) in [4.78, 5) is 15.1. The van der Waals surface area contributed by atoms with E-state index in [1.165, 1.54) is 17.7 Å². The molecule has 0 aliphatic heterocycles. The molecule has 0 spiro atoms. The van der Waals surface area contributed by atoms with E-state index >= 15 is 0 Å². The molecule has 1 aliphatic rings. The summed E-state index contributed by atoms with van der Waals surface area (Å²) >= 11 is 1.74. The van der Waals surface area contributed by atoms with Crippen LogP contribution in [0.5, 0.6) is 0 Å². The molecule has 1 unspecified atom stereocenters. The SMILES string of the molecule is CC(c1cccs1)N(C)CC(=O)NCC1CC1. The summed E-state index contributed by atoms with van der Waals surface area (Å²) < 4.78 is 0. The van der Waals surface area contributed by atoms with Crippen LogP contribution in [0.15, 0.2) is 17.5 Å². The van der Waals surface area contributed by atoms with Gasteiger partial charge in [-0.1, -0.05) is 6.07 Å². The van der Waals surface area contributed by atoms with Crippen LogP contribution >= 0.6 is 11.3 Å². The van der Waals surface area contributed by atoms with E-state index in [1.54, 1.807) is 11.3 Å². The van der Waals surface area contributed by atoms with E-state index in [2.05, 4.69) is 34.7 Å². The zero-order valence-corrected chi connectivity index (χ0v) is 11.3. The Bertz CT molecular complexity index is 360. The second-order valence-electron chi connectivity index (χ2n) is 4.85. The monoisotopic (exact) mass is 252 g/mol. The van der Waals surface area contributed by atoms with Gasteiger partial charge in [0.1, 0.15) is 0 Å². The first-order valence-electron chi connectivity index (χ1n) is 6.17. The third-order valence-corrected chi connectivity index (χ3v) is 4.34. The molecular weight excluding hydrogens is 232 g/mol. The van der Waals surface area contributed by atoms with E-state index in [1.807, 2.05) is 7.05 Å². The van der Waals surface area contributed by atoms with E-state index in [9.17, 15) is 4.79 Å². The van der Waals surface area contributed by atoms with Gasteiger partial charge < -0.3 is 5.32 Å². The van der Waals surface area contributed by atoms with Crippen LogP contribution in [0.3, 0.4) is 0 Å². The quantitative estimate of drug-likeness (QED) is 0.842. The summed E-state index contributed by atoms with van der Waals surface area (Å²) in [6.45, 7) is 3.48. The Morgan fingerprint density at radius 1 is 1.65 bits per heavy atom. The molecule has 17 heavy (non-hydrogen) atoms. The molecule has 1 aromatic heterocycles. The lowest BCUT2D eigenvalue weighted by Gasteiger charge is -2.23. The van der Waals surface area contributed by atoms with Gasteiger partial charge in [0.15, 0.2) is 0 Å². The summed E-state index contributed by atoms with van der Waals surface area (Å²) in [7, 11) is 2.00. The van der Waals surface area contributed by atoms with Crippen LogP contribution < -0.4 is 5.32 Å². The standard InChI is InChI=1S/C13H20N2OS/c1-10(12-4-3-7-17-12)15(2)9-13(16)14-8-11-5-6-11/h3-4,7,10-11H,5-6,8-9H2,1-2H3,(H,14,16). The molecule has 3 nitrogen and oxygen atoms in total. The first kappa shape index (κ1) is 12.6. The van der Waals surface area contributed by atoms with Crippen molar-refractivity contribution in [1.82, 2.24) is 10.2 Å².